The molecule has 1 unspecified atom stereocenters. The fraction of sp³-hybridized carbons (Fsp3) is 0.615. The quantitative estimate of drug-likeness (QED) is 0.636. The molecule has 0 radical (unpaired) electrons. The van der Waals surface area contributed by atoms with Gasteiger partial charge in [-0.2, -0.15) is 4.98 Å². The van der Waals surface area contributed by atoms with Crippen LogP contribution < -0.4 is 10.1 Å². The minimum absolute atomic E-state index is 0.0460. The van der Waals surface area contributed by atoms with Crippen LogP contribution in [0, 0.1) is 10.1 Å². The first-order valence-electron chi connectivity index (χ1n) is 6.75. The summed E-state index contributed by atoms with van der Waals surface area (Å²) >= 11 is 0. The summed E-state index contributed by atoms with van der Waals surface area (Å²) in [4.78, 5) is 14.6. The third-order valence-corrected chi connectivity index (χ3v) is 3.29. The topological polar surface area (TPSA) is 86.5 Å². The molecule has 1 atom stereocenters. The van der Waals surface area contributed by atoms with Gasteiger partial charge in [-0.25, -0.2) is 0 Å². The third kappa shape index (κ3) is 3.80. The summed E-state index contributed by atoms with van der Waals surface area (Å²) in [6, 6.07) is 2.87. The van der Waals surface area contributed by atoms with Crippen LogP contribution in [0.4, 0.5) is 11.5 Å². The molecular weight excluding hydrogens is 262 g/mol. The number of nitrogens with one attached hydrogen (secondary N) is 1. The Labute approximate surface area is 117 Å². The molecular formula is C13H19N3O4. The van der Waals surface area contributed by atoms with Gasteiger partial charge in [0.25, 0.3) is 0 Å². The van der Waals surface area contributed by atoms with Gasteiger partial charge in [-0.1, -0.05) is 0 Å². The van der Waals surface area contributed by atoms with Crippen molar-refractivity contribution in [2.24, 2.45) is 0 Å². The van der Waals surface area contributed by atoms with Gasteiger partial charge in [-0.3, -0.25) is 10.1 Å². The number of aromatic nitrogens is 1. The zero-order valence-corrected chi connectivity index (χ0v) is 11.5. The molecule has 110 valence electrons. The Morgan fingerprint density at radius 3 is 3.05 bits per heavy atom. The number of hydrogen-bond donors (Lipinski definition) is 1. The average Bonchev–Trinajstić information content (AvgIpc) is 2.48. The lowest BCUT2D eigenvalue weighted by molar-refractivity contribution is -0.384. The molecule has 1 aliphatic rings. The largest absolute Gasteiger partial charge is 0.481 e. The summed E-state index contributed by atoms with van der Waals surface area (Å²) in [5, 5.41) is 14.0. The normalized spacial score (nSPS) is 18.6. The van der Waals surface area contributed by atoms with Crippen molar-refractivity contribution in [1.82, 2.24) is 4.98 Å². The molecule has 1 aliphatic heterocycles. The second kappa shape index (κ2) is 7.04. The third-order valence-electron chi connectivity index (χ3n) is 3.29. The van der Waals surface area contributed by atoms with E-state index < -0.39 is 4.92 Å². The second-order valence-corrected chi connectivity index (χ2v) is 4.68. The fourth-order valence-electron chi connectivity index (χ4n) is 2.21. The predicted octanol–water partition coefficient (Wildman–Crippen LogP) is 2.37. The van der Waals surface area contributed by atoms with E-state index >= 15 is 0 Å². The summed E-state index contributed by atoms with van der Waals surface area (Å²) in [6.45, 7) is 1.40. The number of methoxy groups -OCH3 is 1. The molecule has 1 aromatic heterocycles. The van der Waals surface area contributed by atoms with E-state index in [1.807, 2.05) is 0 Å². The van der Waals surface area contributed by atoms with Gasteiger partial charge in [0.15, 0.2) is 0 Å². The van der Waals surface area contributed by atoms with E-state index in [1.54, 1.807) is 0 Å². The van der Waals surface area contributed by atoms with Gasteiger partial charge in [-0.05, 0) is 25.7 Å². The Morgan fingerprint density at radius 1 is 1.55 bits per heavy atom. The zero-order valence-electron chi connectivity index (χ0n) is 11.5. The first-order chi connectivity index (χ1) is 9.70. The molecule has 2 heterocycles. The molecule has 0 spiro atoms. The van der Waals surface area contributed by atoms with Crippen molar-refractivity contribution < 1.29 is 14.4 Å². The predicted molar refractivity (Wildman–Crippen MR) is 74.1 cm³/mol. The molecule has 1 saturated heterocycles. The van der Waals surface area contributed by atoms with E-state index in [0.717, 1.165) is 25.9 Å². The van der Waals surface area contributed by atoms with Crippen molar-refractivity contribution in [3.8, 4) is 5.88 Å². The van der Waals surface area contributed by atoms with Gasteiger partial charge in [0.2, 0.25) is 11.7 Å². The van der Waals surface area contributed by atoms with Crippen LogP contribution in [-0.2, 0) is 4.74 Å². The molecule has 20 heavy (non-hydrogen) atoms. The lowest BCUT2D eigenvalue weighted by atomic mass is 10.1. The zero-order chi connectivity index (χ0) is 14.4. The van der Waals surface area contributed by atoms with Crippen LogP contribution in [0.3, 0.4) is 0 Å². The van der Waals surface area contributed by atoms with Crippen LogP contribution in [0.25, 0.3) is 0 Å². The maximum atomic E-state index is 10.9. The molecule has 0 aromatic carbocycles. The van der Waals surface area contributed by atoms with Gasteiger partial charge in [0.05, 0.1) is 18.1 Å². The highest BCUT2D eigenvalue weighted by molar-refractivity contribution is 5.56. The smallest absolute Gasteiger partial charge is 0.311 e. The monoisotopic (exact) mass is 281 g/mol. The first kappa shape index (κ1) is 14.5. The highest BCUT2D eigenvalue weighted by Gasteiger charge is 2.18. The Kier molecular flexibility index (Phi) is 5.11. The van der Waals surface area contributed by atoms with Crippen LogP contribution in [0.2, 0.25) is 0 Å². The molecule has 7 heteroatoms. The van der Waals surface area contributed by atoms with E-state index in [1.165, 1.54) is 25.7 Å². The molecule has 1 N–H and O–H groups in total. The number of anilines is 1. The molecule has 0 bridgehead atoms. The summed E-state index contributed by atoms with van der Waals surface area (Å²) < 4.78 is 10.6. The molecule has 1 aromatic rings. The molecule has 7 nitrogen and oxygen atoms in total. The Bertz CT molecular complexity index is 461. The van der Waals surface area contributed by atoms with Gasteiger partial charge < -0.3 is 14.8 Å². The van der Waals surface area contributed by atoms with Gasteiger partial charge in [0, 0.05) is 25.3 Å². The fourth-order valence-corrected chi connectivity index (χ4v) is 2.21. The first-order valence-corrected chi connectivity index (χ1v) is 6.75. The van der Waals surface area contributed by atoms with Crippen LogP contribution in [0.15, 0.2) is 12.1 Å². The highest BCUT2D eigenvalue weighted by Crippen LogP contribution is 2.25. The van der Waals surface area contributed by atoms with Crippen molar-refractivity contribution in [3.05, 3.63) is 22.2 Å². The molecule has 2 rings (SSSR count). The van der Waals surface area contributed by atoms with E-state index in [-0.39, 0.29) is 17.6 Å². The number of ether oxygens (including phenoxy) is 2. The molecule has 0 amide bonds. The van der Waals surface area contributed by atoms with E-state index in [2.05, 4.69) is 10.3 Å². The summed E-state index contributed by atoms with van der Waals surface area (Å²) in [6.07, 6.45) is 4.40. The lowest BCUT2D eigenvalue weighted by Crippen LogP contribution is -2.22. The standard InChI is InChI=1S/C13H19N3O4/c1-19-12-6-5-11(16(17)18)13(15-12)14-8-7-10-4-2-3-9-20-10/h5-6,10H,2-4,7-9H2,1H3,(H,14,15). The molecule has 0 saturated carbocycles. The van der Waals surface area contributed by atoms with E-state index in [0.29, 0.717) is 12.4 Å². The molecule has 0 aliphatic carbocycles. The van der Waals surface area contributed by atoms with Gasteiger partial charge in [0.1, 0.15) is 0 Å². The summed E-state index contributed by atoms with van der Waals surface area (Å²) in [5.41, 5.74) is -0.0460. The maximum absolute atomic E-state index is 10.9. The van der Waals surface area contributed by atoms with Crippen LogP contribution >= 0.6 is 0 Å². The summed E-state index contributed by atoms with van der Waals surface area (Å²) in [5.74, 6) is 0.595. The second-order valence-electron chi connectivity index (χ2n) is 4.68. The number of pyridine rings is 1. The minimum atomic E-state index is -0.452. The Hall–Kier alpha value is -1.89. The van der Waals surface area contributed by atoms with Crippen molar-refractivity contribution >= 4 is 11.5 Å². The average molecular weight is 281 g/mol. The number of nitrogens with zero attached hydrogens (tertiary/aromatic N) is 2. The number of hydrogen-bond acceptors (Lipinski definition) is 6. The highest BCUT2D eigenvalue weighted by atomic mass is 16.6. The number of nitro groups is 1. The van der Waals surface area contributed by atoms with Gasteiger partial charge in [-0.15, -0.1) is 0 Å². The Balaban J connectivity index is 1.94. The van der Waals surface area contributed by atoms with E-state index in [4.69, 9.17) is 9.47 Å². The van der Waals surface area contributed by atoms with Crippen molar-refractivity contribution in [3.63, 3.8) is 0 Å². The van der Waals surface area contributed by atoms with Crippen LogP contribution in [-0.4, -0.2) is 36.3 Å². The van der Waals surface area contributed by atoms with Crippen molar-refractivity contribution in [1.29, 1.82) is 0 Å². The maximum Gasteiger partial charge on any atom is 0.311 e. The van der Waals surface area contributed by atoms with Crippen LogP contribution in [0.5, 0.6) is 5.88 Å². The van der Waals surface area contributed by atoms with Crippen molar-refractivity contribution in [2.45, 2.75) is 31.8 Å². The molecule has 1 fully saturated rings. The van der Waals surface area contributed by atoms with Gasteiger partial charge >= 0.3 is 5.69 Å². The van der Waals surface area contributed by atoms with Crippen molar-refractivity contribution in [2.75, 3.05) is 25.6 Å². The lowest BCUT2D eigenvalue weighted by Gasteiger charge is -2.22. The SMILES string of the molecule is COc1ccc([N+](=O)[O-])c(NCCC2CCCCO2)n1. The van der Waals surface area contributed by atoms with Crippen LogP contribution in [0.1, 0.15) is 25.7 Å². The summed E-state index contributed by atoms with van der Waals surface area (Å²) in [7, 11) is 1.48. The Morgan fingerprint density at radius 2 is 2.40 bits per heavy atom. The van der Waals surface area contributed by atoms with E-state index in [9.17, 15) is 10.1 Å². The number of rotatable bonds is 6. The minimum Gasteiger partial charge on any atom is -0.481 e.